The Morgan fingerprint density at radius 3 is 2.29 bits per heavy atom. The molecule has 0 aromatic carbocycles. The van der Waals surface area contributed by atoms with Crippen molar-refractivity contribution < 1.29 is 4.74 Å². The van der Waals surface area contributed by atoms with Crippen molar-refractivity contribution in [2.45, 2.75) is 45.8 Å². The molecule has 0 unspecified atom stereocenters. The summed E-state index contributed by atoms with van der Waals surface area (Å²) in [6.07, 6.45) is 1.93. The lowest BCUT2D eigenvalue weighted by Gasteiger charge is -2.60. The first-order chi connectivity index (χ1) is 11.3. The number of nitrogens with zero attached hydrogens (tertiary/aromatic N) is 3. The van der Waals surface area contributed by atoms with E-state index in [2.05, 4.69) is 26.1 Å². The Morgan fingerprint density at radius 1 is 1.25 bits per heavy atom. The van der Waals surface area contributed by atoms with Crippen molar-refractivity contribution in [3.8, 4) is 6.07 Å². The van der Waals surface area contributed by atoms with Gasteiger partial charge in [-0.25, -0.2) is 4.79 Å². The molecule has 24 heavy (non-hydrogen) atoms. The van der Waals surface area contributed by atoms with Gasteiger partial charge in [0.25, 0.3) is 5.56 Å². The minimum absolute atomic E-state index is 0.0299. The van der Waals surface area contributed by atoms with Gasteiger partial charge in [-0.1, -0.05) is 20.8 Å². The molecule has 1 aliphatic rings. The molecular formula is C17H26N4O3. The van der Waals surface area contributed by atoms with E-state index >= 15 is 0 Å². The Labute approximate surface area is 141 Å². The molecule has 132 valence electrons. The molecule has 0 spiro atoms. The summed E-state index contributed by atoms with van der Waals surface area (Å²) in [7, 11) is 4.67. The number of ether oxygens (including phenoxy) is 1. The second kappa shape index (κ2) is 6.44. The van der Waals surface area contributed by atoms with Crippen molar-refractivity contribution in [1.82, 2.24) is 9.13 Å². The Hall–Kier alpha value is -2.07. The Bertz CT molecular complexity index is 783. The minimum Gasteiger partial charge on any atom is -0.380 e. The monoisotopic (exact) mass is 334 g/mol. The lowest BCUT2D eigenvalue weighted by molar-refractivity contribution is -0.150. The van der Waals surface area contributed by atoms with Crippen molar-refractivity contribution in [1.29, 1.82) is 5.26 Å². The van der Waals surface area contributed by atoms with Gasteiger partial charge in [-0.15, -0.1) is 0 Å². The topological polar surface area (TPSA) is 89.0 Å². The van der Waals surface area contributed by atoms with Crippen LogP contribution >= 0.6 is 0 Å². The van der Waals surface area contributed by atoms with Crippen LogP contribution < -0.4 is 16.6 Å². The van der Waals surface area contributed by atoms with E-state index in [0.717, 1.165) is 17.4 Å². The van der Waals surface area contributed by atoms with Gasteiger partial charge in [0.2, 0.25) is 0 Å². The molecule has 3 atom stereocenters. The van der Waals surface area contributed by atoms with Gasteiger partial charge in [-0.05, 0) is 12.8 Å². The molecule has 1 aliphatic carbocycles. The fourth-order valence-electron chi connectivity index (χ4n) is 4.36. The highest BCUT2D eigenvalue weighted by Gasteiger charge is 2.58. The van der Waals surface area contributed by atoms with Crippen LogP contribution in [0.3, 0.4) is 0 Å². The fraction of sp³-hybridized carbons (Fsp3) is 0.706. The number of nitrogens with one attached hydrogen (secondary N) is 1. The molecule has 1 heterocycles. The van der Waals surface area contributed by atoms with Crippen molar-refractivity contribution in [2.75, 3.05) is 12.4 Å². The second-order valence-corrected chi connectivity index (χ2v) is 6.62. The van der Waals surface area contributed by atoms with Crippen molar-refractivity contribution >= 4 is 5.82 Å². The van der Waals surface area contributed by atoms with Crippen LogP contribution in [0.1, 0.15) is 39.2 Å². The molecule has 1 N–H and O–H groups in total. The molecule has 1 fully saturated rings. The van der Waals surface area contributed by atoms with Crippen molar-refractivity contribution in [3.05, 3.63) is 26.4 Å². The van der Waals surface area contributed by atoms with Crippen LogP contribution in [-0.4, -0.2) is 28.4 Å². The molecule has 7 heteroatoms. The molecule has 0 aliphatic heterocycles. The fourth-order valence-corrected chi connectivity index (χ4v) is 4.36. The highest BCUT2D eigenvalue weighted by atomic mass is 16.5. The maximum Gasteiger partial charge on any atom is 0.332 e. The number of methoxy groups -OCH3 is 1. The summed E-state index contributed by atoms with van der Waals surface area (Å²) in [5.74, 6) is 0.504. The first kappa shape index (κ1) is 18.3. The van der Waals surface area contributed by atoms with E-state index < -0.39 is 11.2 Å². The van der Waals surface area contributed by atoms with Gasteiger partial charge < -0.3 is 10.1 Å². The van der Waals surface area contributed by atoms with Gasteiger partial charge in [-0.2, -0.15) is 5.26 Å². The van der Waals surface area contributed by atoms with Gasteiger partial charge >= 0.3 is 5.69 Å². The maximum absolute atomic E-state index is 12.2. The zero-order chi connectivity index (χ0) is 18.2. The molecular weight excluding hydrogens is 308 g/mol. The van der Waals surface area contributed by atoms with Crippen LogP contribution in [0, 0.1) is 22.7 Å². The number of hydrogen-bond acceptors (Lipinski definition) is 5. The first-order valence-electron chi connectivity index (χ1n) is 8.30. The summed E-state index contributed by atoms with van der Waals surface area (Å²) in [6, 6.07) is 1.97. The van der Waals surface area contributed by atoms with E-state index in [4.69, 9.17) is 4.74 Å². The standard InChI is InChI=1S/C17H26N4O3/c1-7-17(8-2)12(10(3)13(17)24-6)19-14-11(9-18)15(22)21(5)16(23)20(14)4/h10,12-13,19H,7-8H2,1-6H3/t10-,12-,13-/m1/s1. The zero-order valence-electron chi connectivity index (χ0n) is 15.2. The molecule has 0 saturated heterocycles. The van der Waals surface area contributed by atoms with Crippen LogP contribution in [0.5, 0.6) is 0 Å². The summed E-state index contributed by atoms with van der Waals surface area (Å²) in [5, 5.41) is 12.7. The Morgan fingerprint density at radius 2 is 1.83 bits per heavy atom. The van der Waals surface area contributed by atoms with Crippen LogP contribution in [0.2, 0.25) is 0 Å². The van der Waals surface area contributed by atoms with Crippen molar-refractivity contribution in [3.63, 3.8) is 0 Å². The molecule has 7 nitrogen and oxygen atoms in total. The van der Waals surface area contributed by atoms with Crippen LogP contribution in [0.25, 0.3) is 0 Å². The van der Waals surface area contributed by atoms with Gasteiger partial charge in [-0.3, -0.25) is 13.9 Å². The summed E-state index contributed by atoms with van der Waals surface area (Å²) in [5.41, 5.74) is -1.14. The number of hydrogen-bond donors (Lipinski definition) is 1. The zero-order valence-corrected chi connectivity index (χ0v) is 15.2. The largest absolute Gasteiger partial charge is 0.380 e. The third kappa shape index (κ3) is 2.28. The highest BCUT2D eigenvalue weighted by molar-refractivity contribution is 5.53. The summed E-state index contributed by atoms with van der Waals surface area (Å²) >= 11 is 0. The lowest BCUT2D eigenvalue weighted by Crippen LogP contribution is -2.67. The van der Waals surface area contributed by atoms with Crippen LogP contribution in [0.4, 0.5) is 5.82 Å². The molecule has 1 aromatic rings. The Balaban J connectivity index is 2.55. The van der Waals surface area contributed by atoms with Gasteiger partial charge in [0, 0.05) is 38.6 Å². The van der Waals surface area contributed by atoms with E-state index in [-0.39, 0.29) is 29.0 Å². The SMILES string of the molecule is CCC1(CC)[C@H](Nc2c(C#N)c(=O)n(C)c(=O)n2C)[C@@H](C)[C@H]1OC. The quantitative estimate of drug-likeness (QED) is 0.874. The predicted octanol–water partition coefficient (Wildman–Crippen LogP) is 1.21. The molecule has 1 aromatic heterocycles. The summed E-state index contributed by atoms with van der Waals surface area (Å²) in [4.78, 5) is 24.5. The normalized spacial score (nSPS) is 25.0. The van der Waals surface area contributed by atoms with E-state index in [1.165, 1.54) is 11.6 Å². The van der Waals surface area contributed by atoms with Crippen molar-refractivity contribution in [2.24, 2.45) is 25.4 Å². The average Bonchev–Trinajstić information content (AvgIpc) is 2.59. The molecule has 0 amide bonds. The number of aromatic nitrogens is 2. The Kier molecular flexibility index (Phi) is 4.90. The molecule has 1 saturated carbocycles. The molecule has 0 radical (unpaired) electrons. The van der Waals surface area contributed by atoms with Crippen LogP contribution in [0.15, 0.2) is 9.59 Å². The second-order valence-electron chi connectivity index (χ2n) is 6.62. The van der Waals surface area contributed by atoms with E-state index in [9.17, 15) is 14.9 Å². The first-order valence-corrected chi connectivity index (χ1v) is 8.30. The summed E-state index contributed by atoms with van der Waals surface area (Å²) < 4.78 is 7.97. The molecule has 0 bridgehead atoms. The predicted molar refractivity (Wildman–Crippen MR) is 92.0 cm³/mol. The lowest BCUT2D eigenvalue weighted by atomic mass is 9.53. The number of rotatable bonds is 5. The van der Waals surface area contributed by atoms with Gasteiger partial charge in [0.15, 0.2) is 5.56 Å². The highest BCUT2D eigenvalue weighted by Crippen LogP contribution is 2.53. The van der Waals surface area contributed by atoms with Gasteiger partial charge in [0.1, 0.15) is 11.9 Å². The third-order valence-corrected chi connectivity index (χ3v) is 5.83. The smallest absolute Gasteiger partial charge is 0.332 e. The number of nitriles is 1. The van der Waals surface area contributed by atoms with Crippen LogP contribution in [-0.2, 0) is 18.8 Å². The third-order valence-electron chi connectivity index (χ3n) is 5.83. The van der Waals surface area contributed by atoms with E-state index in [0.29, 0.717) is 5.82 Å². The van der Waals surface area contributed by atoms with E-state index in [1.807, 2.05) is 6.07 Å². The maximum atomic E-state index is 12.2. The average molecular weight is 334 g/mol. The summed E-state index contributed by atoms with van der Waals surface area (Å²) in [6.45, 7) is 6.31. The molecule has 2 rings (SSSR count). The van der Waals surface area contributed by atoms with E-state index in [1.54, 1.807) is 14.2 Å². The number of anilines is 1. The minimum atomic E-state index is -0.572. The van der Waals surface area contributed by atoms with Gasteiger partial charge in [0.05, 0.1) is 6.10 Å².